The summed E-state index contributed by atoms with van der Waals surface area (Å²) in [7, 11) is 0. The van der Waals surface area contributed by atoms with Crippen molar-refractivity contribution < 1.29 is 36.2 Å². The summed E-state index contributed by atoms with van der Waals surface area (Å²) in [5.41, 5.74) is -4.73. The molecule has 0 saturated heterocycles. The fourth-order valence-corrected chi connectivity index (χ4v) is 2.66. The molecule has 0 saturated carbocycles. The molecular weight excluding hydrogens is 338 g/mol. The molecule has 0 atom stereocenters. The number of carboxylic acids is 1. The average Bonchev–Trinajstić information content (AvgIpc) is 2.44. The minimum Gasteiger partial charge on any atom is -0.481 e. The number of carboxylic acid groups (broad SMARTS) is 1. The van der Waals surface area contributed by atoms with E-state index in [1.807, 2.05) is 0 Å². The molecule has 0 fully saturated rings. The Morgan fingerprint density at radius 2 is 1.33 bits per heavy atom. The lowest BCUT2D eigenvalue weighted by atomic mass is 9.74. The van der Waals surface area contributed by atoms with Gasteiger partial charge >= 0.3 is 18.3 Å². The lowest BCUT2D eigenvalue weighted by molar-refractivity contribution is -0.305. The van der Waals surface area contributed by atoms with Gasteiger partial charge in [-0.25, -0.2) is 0 Å². The smallest absolute Gasteiger partial charge is 0.407 e. The maximum absolute atomic E-state index is 13.4. The minimum atomic E-state index is -5.48. The van der Waals surface area contributed by atoms with E-state index in [1.54, 1.807) is 0 Å². The number of hydrogen-bond acceptors (Lipinski definition) is 1. The predicted octanol–water partition coefficient (Wildman–Crippen LogP) is 5.47. The van der Waals surface area contributed by atoms with Crippen LogP contribution in [0.4, 0.5) is 26.3 Å². The lowest BCUT2D eigenvalue weighted by Crippen LogP contribution is -2.53. The van der Waals surface area contributed by atoms with E-state index in [0.717, 1.165) is 24.3 Å². The van der Waals surface area contributed by atoms with Crippen LogP contribution in [0.25, 0.3) is 0 Å². The molecule has 1 rings (SSSR count). The van der Waals surface area contributed by atoms with Crippen LogP contribution >= 0.6 is 0 Å². The summed E-state index contributed by atoms with van der Waals surface area (Å²) >= 11 is 0. The van der Waals surface area contributed by atoms with Crippen LogP contribution < -0.4 is 0 Å². The molecule has 1 aromatic rings. The van der Waals surface area contributed by atoms with Crippen LogP contribution in [0, 0.1) is 0 Å². The van der Waals surface area contributed by atoms with E-state index >= 15 is 0 Å². The second-order valence-electron chi connectivity index (χ2n) is 5.57. The number of halogens is 6. The summed E-state index contributed by atoms with van der Waals surface area (Å²) in [5.74, 6) is -1.04. The van der Waals surface area contributed by atoms with Gasteiger partial charge in [0.2, 0.25) is 0 Å². The molecule has 0 aliphatic rings. The first-order valence-corrected chi connectivity index (χ1v) is 7.43. The van der Waals surface area contributed by atoms with Gasteiger partial charge in [-0.15, -0.1) is 0 Å². The Kier molecular flexibility index (Phi) is 6.68. The number of unbranched alkanes of at least 4 members (excludes halogenated alkanes) is 3. The maximum atomic E-state index is 13.4. The summed E-state index contributed by atoms with van der Waals surface area (Å²) in [5, 5.41) is 8.46. The molecule has 0 unspecified atom stereocenters. The maximum Gasteiger partial charge on any atom is 0.407 e. The Hall–Kier alpha value is -1.73. The molecule has 0 heterocycles. The van der Waals surface area contributed by atoms with Crippen molar-refractivity contribution in [3.63, 3.8) is 0 Å². The molecule has 0 radical (unpaired) electrons. The van der Waals surface area contributed by atoms with Crippen LogP contribution in [-0.4, -0.2) is 23.4 Å². The number of alkyl halides is 6. The van der Waals surface area contributed by atoms with E-state index in [1.165, 1.54) is 6.07 Å². The second kappa shape index (κ2) is 7.90. The van der Waals surface area contributed by atoms with Crippen molar-refractivity contribution in [2.75, 3.05) is 0 Å². The standard InChI is InChI=1S/C16H18F6O2/c17-15(18,19)14(16(20,21)22,12-8-4-3-5-9-12)11-7-2-1-6-10-13(23)24/h3-5,8-9H,1-2,6-7,10-11H2,(H,23,24). The fourth-order valence-electron chi connectivity index (χ4n) is 2.66. The second-order valence-corrected chi connectivity index (χ2v) is 5.57. The first-order chi connectivity index (χ1) is 11.0. The van der Waals surface area contributed by atoms with Crippen LogP contribution in [0.2, 0.25) is 0 Å². The van der Waals surface area contributed by atoms with E-state index in [0.29, 0.717) is 0 Å². The zero-order chi connectivity index (χ0) is 18.4. The number of aliphatic carboxylic acids is 1. The Labute approximate surface area is 135 Å². The largest absolute Gasteiger partial charge is 0.481 e. The molecular formula is C16H18F6O2. The summed E-state index contributed by atoms with van der Waals surface area (Å²) < 4.78 is 80.6. The van der Waals surface area contributed by atoms with E-state index in [9.17, 15) is 31.1 Å². The lowest BCUT2D eigenvalue weighted by Gasteiger charge is -2.38. The van der Waals surface area contributed by atoms with Crippen molar-refractivity contribution in [3.8, 4) is 0 Å². The number of hydrogen-bond donors (Lipinski definition) is 1. The van der Waals surface area contributed by atoms with Crippen molar-refractivity contribution in [1.82, 2.24) is 0 Å². The molecule has 0 spiro atoms. The summed E-state index contributed by atoms with van der Waals surface area (Å²) in [6.45, 7) is 0. The van der Waals surface area contributed by atoms with Crippen molar-refractivity contribution >= 4 is 5.97 Å². The van der Waals surface area contributed by atoms with E-state index in [4.69, 9.17) is 5.11 Å². The third kappa shape index (κ3) is 4.64. The zero-order valence-corrected chi connectivity index (χ0v) is 12.8. The van der Waals surface area contributed by atoms with Crippen LogP contribution in [-0.2, 0) is 10.2 Å². The zero-order valence-electron chi connectivity index (χ0n) is 12.8. The Morgan fingerprint density at radius 1 is 0.833 bits per heavy atom. The van der Waals surface area contributed by atoms with Crippen molar-refractivity contribution in [1.29, 1.82) is 0 Å². The molecule has 136 valence electrons. The molecule has 1 N–H and O–H groups in total. The van der Waals surface area contributed by atoms with Gasteiger partial charge in [-0.3, -0.25) is 4.79 Å². The third-order valence-corrected chi connectivity index (χ3v) is 3.93. The van der Waals surface area contributed by atoms with Crippen LogP contribution in [0.1, 0.15) is 44.1 Å². The summed E-state index contributed by atoms with van der Waals surface area (Å²) in [4.78, 5) is 10.3. The van der Waals surface area contributed by atoms with Crippen LogP contribution in [0.3, 0.4) is 0 Å². The molecule has 0 aliphatic carbocycles. The normalized spacial score (nSPS) is 13.1. The van der Waals surface area contributed by atoms with Crippen molar-refractivity contribution in [2.24, 2.45) is 0 Å². The highest BCUT2D eigenvalue weighted by molar-refractivity contribution is 5.66. The summed E-state index contributed by atoms with van der Waals surface area (Å²) in [6, 6.07) is 5.33. The van der Waals surface area contributed by atoms with Crippen LogP contribution in [0.15, 0.2) is 30.3 Å². The highest BCUT2D eigenvalue weighted by Gasteiger charge is 2.70. The van der Waals surface area contributed by atoms with Gasteiger partial charge in [-0.1, -0.05) is 49.6 Å². The Bertz CT molecular complexity index is 508. The Balaban J connectivity index is 2.96. The molecule has 0 aromatic heterocycles. The molecule has 24 heavy (non-hydrogen) atoms. The minimum absolute atomic E-state index is 0.105. The van der Waals surface area contributed by atoms with E-state index in [2.05, 4.69) is 0 Å². The molecule has 0 aliphatic heterocycles. The fraction of sp³-hybridized carbons (Fsp3) is 0.562. The van der Waals surface area contributed by atoms with Gasteiger partial charge in [-0.05, 0) is 18.4 Å². The molecule has 2 nitrogen and oxygen atoms in total. The van der Waals surface area contributed by atoms with E-state index < -0.39 is 35.7 Å². The van der Waals surface area contributed by atoms with Crippen LogP contribution in [0.5, 0.6) is 0 Å². The monoisotopic (exact) mass is 356 g/mol. The van der Waals surface area contributed by atoms with Gasteiger partial charge in [0.05, 0.1) is 0 Å². The number of benzene rings is 1. The molecule has 0 bridgehead atoms. The Morgan fingerprint density at radius 3 is 1.79 bits per heavy atom. The highest BCUT2D eigenvalue weighted by atomic mass is 19.4. The van der Waals surface area contributed by atoms with Gasteiger partial charge < -0.3 is 5.11 Å². The highest BCUT2D eigenvalue weighted by Crippen LogP contribution is 2.54. The van der Waals surface area contributed by atoms with Gasteiger partial charge in [0, 0.05) is 6.42 Å². The molecule has 8 heteroatoms. The third-order valence-electron chi connectivity index (χ3n) is 3.93. The quantitative estimate of drug-likeness (QED) is 0.495. The molecule has 1 aromatic carbocycles. The van der Waals surface area contributed by atoms with Gasteiger partial charge in [0.25, 0.3) is 0 Å². The van der Waals surface area contributed by atoms with Crippen molar-refractivity contribution in [3.05, 3.63) is 35.9 Å². The van der Waals surface area contributed by atoms with Gasteiger partial charge in [0.15, 0.2) is 5.41 Å². The van der Waals surface area contributed by atoms with Gasteiger partial charge in [0.1, 0.15) is 0 Å². The predicted molar refractivity (Wildman–Crippen MR) is 75.6 cm³/mol. The molecule has 0 amide bonds. The van der Waals surface area contributed by atoms with Gasteiger partial charge in [-0.2, -0.15) is 26.3 Å². The first-order valence-electron chi connectivity index (χ1n) is 7.43. The summed E-state index contributed by atoms with van der Waals surface area (Å²) in [6.07, 6.45) is -11.9. The topological polar surface area (TPSA) is 37.3 Å². The SMILES string of the molecule is O=C(O)CCCCCCC(c1ccccc1)(C(F)(F)F)C(F)(F)F. The van der Waals surface area contributed by atoms with Crippen molar-refractivity contribution in [2.45, 2.75) is 56.3 Å². The average molecular weight is 356 g/mol. The number of carbonyl (C=O) groups is 1. The van der Waals surface area contributed by atoms with E-state index in [-0.39, 0.29) is 32.1 Å². The number of rotatable bonds is 8. The first kappa shape index (κ1) is 20.3.